The van der Waals surface area contributed by atoms with E-state index in [9.17, 15) is 9.90 Å². The van der Waals surface area contributed by atoms with Crippen LogP contribution in [0.15, 0.2) is 60.2 Å². The van der Waals surface area contributed by atoms with Crippen LogP contribution in [0.2, 0.25) is 5.02 Å². The standard InChI is InChI=1S/C19H19ClN2O3S/c1-2-9-25-16-8-7-14(18(23)10-16)11-21-22-19(24)13-26-12-15-5-3-4-6-17(15)20/h2-8,10-11,23H,1,9,12-13H2,(H,22,24)/b21-11-. The molecule has 0 saturated carbocycles. The van der Waals surface area contributed by atoms with Gasteiger partial charge in [-0.1, -0.05) is 42.5 Å². The van der Waals surface area contributed by atoms with E-state index in [1.54, 1.807) is 18.2 Å². The minimum Gasteiger partial charge on any atom is -0.507 e. The van der Waals surface area contributed by atoms with Crippen LogP contribution in [0.1, 0.15) is 11.1 Å². The van der Waals surface area contributed by atoms with Gasteiger partial charge >= 0.3 is 0 Å². The molecular weight excluding hydrogens is 372 g/mol. The Morgan fingerprint density at radius 1 is 1.35 bits per heavy atom. The van der Waals surface area contributed by atoms with Crippen molar-refractivity contribution in [3.05, 3.63) is 71.3 Å². The number of hydrogen-bond donors (Lipinski definition) is 2. The second-order valence-corrected chi connectivity index (χ2v) is 6.59. The van der Waals surface area contributed by atoms with Gasteiger partial charge in [-0.05, 0) is 23.8 Å². The zero-order chi connectivity index (χ0) is 18.8. The fraction of sp³-hybridized carbons (Fsp3) is 0.158. The predicted molar refractivity (Wildman–Crippen MR) is 107 cm³/mol. The Kier molecular flexibility index (Phi) is 8.05. The molecule has 0 saturated heterocycles. The van der Waals surface area contributed by atoms with Gasteiger partial charge in [0.05, 0.1) is 12.0 Å². The Bertz CT molecular complexity index is 796. The molecule has 0 heterocycles. The molecule has 1 amide bonds. The van der Waals surface area contributed by atoms with Crippen molar-refractivity contribution < 1.29 is 14.6 Å². The van der Waals surface area contributed by atoms with Crippen molar-refractivity contribution in [1.82, 2.24) is 5.43 Å². The number of carbonyl (C=O) groups is 1. The molecule has 2 aromatic rings. The van der Waals surface area contributed by atoms with E-state index in [-0.39, 0.29) is 17.4 Å². The molecule has 2 aromatic carbocycles. The van der Waals surface area contributed by atoms with Gasteiger partial charge in [-0.15, -0.1) is 11.8 Å². The molecule has 0 aromatic heterocycles. The van der Waals surface area contributed by atoms with Gasteiger partial charge in [-0.25, -0.2) is 5.43 Å². The van der Waals surface area contributed by atoms with Crippen molar-refractivity contribution in [3.63, 3.8) is 0 Å². The summed E-state index contributed by atoms with van der Waals surface area (Å²) in [4.78, 5) is 11.8. The lowest BCUT2D eigenvalue weighted by Crippen LogP contribution is -2.19. The summed E-state index contributed by atoms with van der Waals surface area (Å²) in [5, 5.41) is 14.5. The third-order valence-electron chi connectivity index (χ3n) is 3.21. The Hall–Kier alpha value is -2.44. The number of benzene rings is 2. The molecule has 0 bridgehead atoms. The average molecular weight is 391 g/mol. The Labute approximate surface area is 161 Å². The number of ether oxygens (including phenoxy) is 1. The summed E-state index contributed by atoms with van der Waals surface area (Å²) in [5.41, 5.74) is 3.89. The number of aromatic hydroxyl groups is 1. The zero-order valence-corrected chi connectivity index (χ0v) is 15.6. The van der Waals surface area contributed by atoms with E-state index in [4.69, 9.17) is 16.3 Å². The van der Waals surface area contributed by atoms with E-state index in [1.165, 1.54) is 24.0 Å². The lowest BCUT2D eigenvalue weighted by Gasteiger charge is -2.05. The van der Waals surface area contributed by atoms with Crippen molar-refractivity contribution in [1.29, 1.82) is 0 Å². The maximum absolute atomic E-state index is 11.8. The van der Waals surface area contributed by atoms with Crippen LogP contribution < -0.4 is 10.2 Å². The number of hydrazone groups is 1. The molecule has 2 rings (SSSR count). The maximum atomic E-state index is 11.8. The molecule has 0 radical (unpaired) electrons. The second-order valence-electron chi connectivity index (χ2n) is 5.20. The van der Waals surface area contributed by atoms with Gasteiger partial charge in [0.1, 0.15) is 18.1 Å². The molecule has 7 heteroatoms. The fourth-order valence-corrected chi connectivity index (χ4v) is 3.06. The van der Waals surface area contributed by atoms with Crippen LogP contribution >= 0.6 is 23.4 Å². The fourth-order valence-electron chi connectivity index (χ4n) is 1.95. The van der Waals surface area contributed by atoms with Crippen LogP contribution in [-0.2, 0) is 10.5 Å². The number of nitrogens with zero attached hydrogens (tertiary/aromatic N) is 1. The SMILES string of the molecule is C=CCOc1ccc(/C=N\NC(=O)CSCc2ccccc2Cl)c(O)c1. The number of carbonyl (C=O) groups excluding carboxylic acids is 1. The van der Waals surface area contributed by atoms with Crippen molar-refractivity contribution in [2.45, 2.75) is 5.75 Å². The molecule has 0 spiro atoms. The number of phenolic OH excluding ortho intramolecular Hbond substituents is 1. The van der Waals surface area contributed by atoms with Crippen LogP contribution in [-0.4, -0.2) is 29.6 Å². The van der Waals surface area contributed by atoms with E-state index < -0.39 is 0 Å². The highest BCUT2D eigenvalue weighted by atomic mass is 35.5. The second kappa shape index (κ2) is 10.5. The van der Waals surface area contributed by atoms with Gasteiger partial charge in [0.15, 0.2) is 0 Å². The molecule has 5 nitrogen and oxygen atoms in total. The van der Waals surface area contributed by atoms with Crippen molar-refractivity contribution >= 4 is 35.5 Å². The van der Waals surface area contributed by atoms with E-state index in [0.29, 0.717) is 28.7 Å². The summed E-state index contributed by atoms with van der Waals surface area (Å²) in [6.07, 6.45) is 2.99. The molecule has 0 atom stereocenters. The first-order valence-corrected chi connectivity index (χ1v) is 9.33. The summed E-state index contributed by atoms with van der Waals surface area (Å²) >= 11 is 7.51. The van der Waals surface area contributed by atoms with Gasteiger partial charge in [-0.2, -0.15) is 5.10 Å². The monoisotopic (exact) mass is 390 g/mol. The minimum absolute atomic E-state index is 0.0117. The molecule has 0 aliphatic carbocycles. The molecule has 0 fully saturated rings. The highest BCUT2D eigenvalue weighted by Gasteiger charge is 2.04. The smallest absolute Gasteiger partial charge is 0.250 e. The minimum atomic E-state index is -0.233. The van der Waals surface area contributed by atoms with Crippen LogP contribution in [0.5, 0.6) is 11.5 Å². The molecule has 136 valence electrons. The first-order chi connectivity index (χ1) is 12.6. The van der Waals surface area contributed by atoms with Gasteiger partial charge in [0.2, 0.25) is 5.91 Å². The van der Waals surface area contributed by atoms with Crippen molar-refractivity contribution in [3.8, 4) is 11.5 Å². The number of hydrogen-bond acceptors (Lipinski definition) is 5. The third kappa shape index (κ3) is 6.46. The average Bonchev–Trinajstić information content (AvgIpc) is 2.63. The number of rotatable bonds is 9. The molecule has 0 aliphatic rings. The summed E-state index contributed by atoms with van der Waals surface area (Å²) in [7, 11) is 0. The highest BCUT2D eigenvalue weighted by molar-refractivity contribution is 7.99. The molecular formula is C19H19ClN2O3S. The van der Waals surface area contributed by atoms with Gasteiger partial charge in [0.25, 0.3) is 0 Å². The van der Waals surface area contributed by atoms with Gasteiger partial charge in [-0.3, -0.25) is 4.79 Å². The van der Waals surface area contributed by atoms with E-state index in [1.807, 2.05) is 24.3 Å². The lowest BCUT2D eigenvalue weighted by atomic mass is 10.2. The van der Waals surface area contributed by atoms with Gasteiger partial charge in [0, 0.05) is 22.4 Å². The quantitative estimate of drug-likeness (QED) is 0.386. The van der Waals surface area contributed by atoms with E-state index in [2.05, 4.69) is 17.1 Å². The van der Waals surface area contributed by atoms with Gasteiger partial charge < -0.3 is 9.84 Å². The zero-order valence-electron chi connectivity index (χ0n) is 14.0. The normalized spacial score (nSPS) is 10.7. The molecule has 26 heavy (non-hydrogen) atoms. The third-order valence-corrected chi connectivity index (χ3v) is 4.56. The number of nitrogens with one attached hydrogen (secondary N) is 1. The number of phenols is 1. The molecule has 2 N–H and O–H groups in total. The first kappa shape index (κ1) is 19.9. The number of thioether (sulfide) groups is 1. The Morgan fingerprint density at radius 2 is 2.15 bits per heavy atom. The summed E-state index contributed by atoms with van der Waals surface area (Å²) in [5.74, 6) is 1.20. The van der Waals surface area contributed by atoms with E-state index >= 15 is 0 Å². The summed E-state index contributed by atoms with van der Waals surface area (Å²) in [6, 6.07) is 12.4. The van der Waals surface area contributed by atoms with Crippen LogP contribution in [0, 0.1) is 0 Å². The summed E-state index contributed by atoms with van der Waals surface area (Å²) < 4.78 is 5.32. The molecule has 0 aliphatic heterocycles. The number of amides is 1. The largest absolute Gasteiger partial charge is 0.507 e. The van der Waals surface area contributed by atoms with Crippen LogP contribution in [0.4, 0.5) is 0 Å². The van der Waals surface area contributed by atoms with Crippen molar-refractivity contribution in [2.75, 3.05) is 12.4 Å². The molecule has 0 unspecified atom stereocenters. The predicted octanol–water partition coefficient (Wildman–Crippen LogP) is 3.99. The Morgan fingerprint density at radius 3 is 2.88 bits per heavy atom. The van der Waals surface area contributed by atoms with Crippen molar-refractivity contribution in [2.24, 2.45) is 5.10 Å². The first-order valence-electron chi connectivity index (χ1n) is 7.80. The Balaban J connectivity index is 1.77. The maximum Gasteiger partial charge on any atom is 0.250 e. The van der Waals surface area contributed by atoms with Crippen LogP contribution in [0.25, 0.3) is 0 Å². The number of halogens is 1. The highest BCUT2D eigenvalue weighted by Crippen LogP contribution is 2.22. The van der Waals surface area contributed by atoms with E-state index in [0.717, 1.165) is 5.56 Å². The topological polar surface area (TPSA) is 70.9 Å². The summed E-state index contributed by atoms with van der Waals surface area (Å²) in [6.45, 7) is 3.91. The lowest BCUT2D eigenvalue weighted by molar-refractivity contribution is -0.118. The van der Waals surface area contributed by atoms with Crippen LogP contribution in [0.3, 0.4) is 0 Å².